The van der Waals surface area contributed by atoms with Gasteiger partial charge in [-0.3, -0.25) is 9.59 Å². The number of rotatable bonds is 7. The molecule has 0 bridgehead atoms. The van der Waals surface area contributed by atoms with Crippen LogP contribution < -0.4 is 15.4 Å². The molecule has 0 spiro atoms. The Kier molecular flexibility index (Phi) is 7.00. The molecule has 0 radical (unpaired) electrons. The quantitative estimate of drug-likeness (QED) is 0.558. The Morgan fingerprint density at radius 2 is 1.57 bits per heavy atom. The zero-order chi connectivity index (χ0) is 21.3. The van der Waals surface area contributed by atoms with E-state index in [0.717, 1.165) is 11.1 Å². The third-order valence-corrected chi connectivity index (χ3v) is 4.63. The van der Waals surface area contributed by atoms with Crippen LogP contribution in [0.3, 0.4) is 0 Å². The van der Waals surface area contributed by atoms with Crippen LogP contribution in [0.25, 0.3) is 6.08 Å². The van der Waals surface area contributed by atoms with Crippen LogP contribution in [-0.4, -0.2) is 18.9 Å². The molecule has 0 aromatic heterocycles. The minimum atomic E-state index is -0.336. The Labute approximate surface area is 176 Å². The lowest BCUT2D eigenvalue weighted by Crippen LogP contribution is -2.27. The molecular weight excluding hydrogens is 376 g/mol. The lowest BCUT2D eigenvalue weighted by molar-refractivity contribution is -0.111. The lowest BCUT2D eigenvalue weighted by Gasteiger charge is -2.16. The van der Waals surface area contributed by atoms with Crippen molar-refractivity contribution in [1.29, 1.82) is 0 Å². The van der Waals surface area contributed by atoms with Crippen molar-refractivity contribution >= 4 is 23.6 Å². The third kappa shape index (κ3) is 5.35. The summed E-state index contributed by atoms with van der Waals surface area (Å²) in [6.45, 7) is 1.92. The summed E-state index contributed by atoms with van der Waals surface area (Å²) in [4.78, 5) is 25.2. The third-order valence-electron chi connectivity index (χ3n) is 4.63. The number of carbonyl (C=O) groups is 2. The zero-order valence-electron chi connectivity index (χ0n) is 17.0. The van der Waals surface area contributed by atoms with E-state index in [1.807, 2.05) is 61.5 Å². The van der Waals surface area contributed by atoms with Crippen LogP contribution in [0.5, 0.6) is 5.75 Å². The second-order valence-electron chi connectivity index (χ2n) is 6.72. The molecule has 0 unspecified atom stereocenters. The van der Waals surface area contributed by atoms with Gasteiger partial charge in [-0.25, -0.2) is 0 Å². The van der Waals surface area contributed by atoms with Crippen LogP contribution in [0, 0.1) is 0 Å². The van der Waals surface area contributed by atoms with Crippen LogP contribution in [0.2, 0.25) is 0 Å². The number of ether oxygens (including phenoxy) is 1. The van der Waals surface area contributed by atoms with Gasteiger partial charge in [0.2, 0.25) is 5.91 Å². The fraction of sp³-hybridized carbons (Fsp3) is 0.120. The molecule has 0 fully saturated rings. The van der Waals surface area contributed by atoms with E-state index in [1.165, 1.54) is 6.08 Å². The summed E-state index contributed by atoms with van der Waals surface area (Å²) >= 11 is 0. The average molecular weight is 400 g/mol. The van der Waals surface area contributed by atoms with Gasteiger partial charge in [0.05, 0.1) is 24.4 Å². The van der Waals surface area contributed by atoms with E-state index < -0.39 is 0 Å². The van der Waals surface area contributed by atoms with Gasteiger partial charge in [0, 0.05) is 11.6 Å². The standard InChI is InChI=1S/C25H24N2O3/c1-18(19-10-4-3-5-11-19)26-25(29)21-13-7-8-14-22(21)27-24(28)17-16-20-12-6-9-15-23(20)30-2/h3-18H,1-2H3,(H,26,29)(H,27,28)/b17-16+/t18-/m0/s1. The molecule has 0 saturated carbocycles. The molecule has 2 N–H and O–H groups in total. The van der Waals surface area contributed by atoms with E-state index in [2.05, 4.69) is 10.6 Å². The van der Waals surface area contributed by atoms with Crippen molar-refractivity contribution in [2.45, 2.75) is 13.0 Å². The fourth-order valence-electron chi connectivity index (χ4n) is 3.03. The summed E-state index contributed by atoms with van der Waals surface area (Å²) in [6, 6.07) is 23.9. The number of anilines is 1. The van der Waals surface area contributed by atoms with E-state index in [0.29, 0.717) is 17.0 Å². The van der Waals surface area contributed by atoms with Gasteiger partial charge in [0.1, 0.15) is 5.75 Å². The highest BCUT2D eigenvalue weighted by atomic mass is 16.5. The molecule has 0 saturated heterocycles. The molecule has 3 aromatic rings. The molecular formula is C25H24N2O3. The average Bonchev–Trinajstić information content (AvgIpc) is 2.78. The van der Waals surface area contributed by atoms with Crippen LogP contribution in [0.15, 0.2) is 84.9 Å². The van der Waals surface area contributed by atoms with Gasteiger partial charge in [-0.2, -0.15) is 0 Å². The first-order chi connectivity index (χ1) is 14.6. The predicted octanol–water partition coefficient (Wildman–Crippen LogP) is 4.84. The second kappa shape index (κ2) is 10.1. The van der Waals surface area contributed by atoms with Gasteiger partial charge in [-0.15, -0.1) is 0 Å². The molecule has 5 nitrogen and oxygen atoms in total. The minimum absolute atomic E-state index is 0.159. The van der Waals surface area contributed by atoms with Crippen molar-refractivity contribution in [3.63, 3.8) is 0 Å². The first-order valence-corrected chi connectivity index (χ1v) is 9.65. The number of methoxy groups -OCH3 is 1. The maximum Gasteiger partial charge on any atom is 0.253 e. The number of hydrogen-bond acceptors (Lipinski definition) is 3. The lowest BCUT2D eigenvalue weighted by atomic mass is 10.1. The highest BCUT2D eigenvalue weighted by Crippen LogP contribution is 2.20. The molecule has 1 atom stereocenters. The van der Waals surface area contributed by atoms with Gasteiger partial charge in [0.15, 0.2) is 0 Å². The second-order valence-corrected chi connectivity index (χ2v) is 6.72. The van der Waals surface area contributed by atoms with E-state index in [-0.39, 0.29) is 17.9 Å². The van der Waals surface area contributed by atoms with Crippen molar-refractivity contribution in [3.8, 4) is 5.75 Å². The highest BCUT2D eigenvalue weighted by Gasteiger charge is 2.15. The summed E-state index contributed by atoms with van der Waals surface area (Å²) in [5.74, 6) is 0.0875. The number of hydrogen-bond donors (Lipinski definition) is 2. The smallest absolute Gasteiger partial charge is 0.253 e. The molecule has 30 heavy (non-hydrogen) atoms. The SMILES string of the molecule is COc1ccccc1/C=C/C(=O)Nc1ccccc1C(=O)N[C@@H](C)c1ccccc1. The molecule has 3 aromatic carbocycles. The Morgan fingerprint density at radius 1 is 0.900 bits per heavy atom. The summed E-state index contributed by atoms with van der Waals surface area (Å²) in [5.41, 5.74) is 2.65. The van der Waals surface area contributed by atoms with Crippen molar-refractivity contribution in [2.75, 3.05) is 12.4 Å². The summed E-state index contributed by atoms with van der Waals surface area (Å²) in [7, 11) is 1.58. The number of amides is 2. The highest BCUT2D eigenvalue weighted by molar-refractivity contribution is 6.07. The minimum Gasteiger partial charge on any atom is -0.496 e. The normalized spacial score (nSPS) is 11.7. The van der Waals surface area contributed by atoms with E-state index in [4.69, 9.17) is 4.74 Å². The van der Waals surface area contributed by atoms with E-state index >= 15 is 0 Å². The van der Waals surface area contributed by atoms with Crippen LogP contribution in [0.4, 0.5) is 5.69 Å². The first kappa shape index (κ1) is 20.9. The Morgan fingerprint density at radius 3 is 2.33 bits per heavy atom. The maximum absolute atomic E-state index is 12.8. The first-order valence-electron chi connectivity index (χ1n) is 9.65. The zero-order valence-corrected chi connectivity index (χ0v) is 17.0. The summed E-state index contributed by atoms with van der Waals surface area (Å²) in [5, 5.41) is 5.76. The Balaban J connectivity index is 1.71. The molecule has 3 rings (SSSR count). The van der Waals surface area contributed by atoms with Crippen LogP contribution >= 0.6 is 0 Å². The van der Waals surface area contributed by atoms with Gasteiger partial charge >= 0.3 is 0 Å². The maximum atomic E-state index is 12.8. The molecule has 0 heterocycles. The number of para-hydroxylation sites is 2. The number of nitrogens with one attached hydrogen (secondary N) is 2. The van der Waals surface area contributed by atoms with E-state index in [1.54, 1.807) is 37.5 Å². The van der Waals surface area contributed by atoms with Gasteiger partial charge in [-0.05, 0) is 36.8 Å². The summed E-state index contributed by atoms with van der Waals surface area (Å²) < 4.78 is 5.28. The topological polar surface area (TPSA) is 67.4 Å². The van der Waals surface area contributed by atoms with Gasteiger partial charge < -0.3 is 15.4 Å². The largest absolute Gasteiger partial charge is 0.496 e. The molecule has 2 amide bonds. The molecule has 0 aliphatic heterocycles. The van der Waals surface area contributed by atoms with Crippen molar-refractivity contribution in [2.24, 2.45) is 0 Å². The number of benzene rings is 3. The van der Waals surface area contributed by atoms with Crippen LogP contribution in [-0.2, 0) is 4.79 Å². The fourth-order valence-corrected chi connectivity index (χ4v) is 3.03. The van der Waals surface area contributed by atoms with Gasteiger partial charge in [0.25, 0.3) is 5.91 Å². The Hall–Kier alpha value is -3.86. The van der Waals surface area contributed by atoms with Gasteiger partial charge in [-0.1, -0.05) is 60.7 Å². The molecule has 5 heteroatoms. The Bertz CT molecular complexity index is 1050. The summed E-state index contributed by atoms with van der Waals surface area (Å²) in [6.07, 6.45) is 3.09. The predicted molar refractivity (Wildman–Crippen MR) is 119 cm³/mol. The molecule has 152 valence electrons. The molecule has 0 aliphatic rings. The van der Waals surface area contributed by atoms with Crippen molar-refractivity contribution in [1.82, 2.24) is 5.32 Å². The van der Waals surface area contributed by atoms with Crippen molar-refractivity contribution in [3.05, 3.63) is 102 Å². The molecule has 0 aliphatic carbocycles. The van der Waals surface area contributed by atoms with E-state index in [9.17, 15) is 9.59 Å². The number of carbonyl (C=O) groups excluding carboxylic acids is 2. The van der Waals surface area contributed by atoms with Crippen molar-refractivity contribution < 1.29 is 14.3 Å². The monoisotopic (exact) mass is 400 g/mol. The van der Waals surface area contributed by atoms with Crippen LogP contribution in [0.1, 0.15) is 34.5 Å².